The Kier molecular flexibility index (Phi) is 3.57. The van der Waals surface area contributed by atoms with E-state index in [1.165, 1.54) is 0 Å². The number of halogens is 1. The van der Waals surface area contributed by atoms with Crippen LogP contribution >= 0.6 is 15.9 Å². The number of imidazole rings is 1. The molecule has 0 bridgehead atoms. The number of carbonyl (C=O) groups excluding carboxylic acids is 1. The molecule has 0 aliphatic heterocycles. The van der Waals surface area contributed by atoms with E-state index in [9.17, 15) is 9.59 Å². The molecule has 0 radical (unpaired) electrons. The SMILES string of the molecule is Cc1nc2c(C)cc(Br)cn2c1C(=O)NCC(=O)O. The Labute approximate surface area is 117 Å². The van der Waals surface area contributed by atoms with Gasteiger partial charge < -0.3 is 10.4 Å². The molecule has 0 aliphatic rings. The Morgan fingerprint density at radius 1 is 1.47 bits per heavy atom. The highest BCUT2D eigenvalue weighted by molar-refractivity contribution is 9.10. The monoisotopic (exact) mass is 325 g/mol. The van der Waals surface area contributed by atoms with Gasteiger partial charge >= 0.3 is 5.97 Å². The van der Waals surface area contributed by atoms with Crippen LogP contribution in [0.25, 0.3) is 5.65 Å². The minimum absolute atomic E-state index is 0.348. The van der Waals surface area contributed by atoms with Crippen LogP contribution in [-0.4, -0.2) is 32.9 Å². The van der Waals surface area contributed by atoms with Gasteiger partial charge in [-0.15, -0.1) is 0 Å². The molecular weight excluding hydrogens is 314 g/mol. The Morgan fingerprint density at radius 2 is 2.16 bits per heavy atom. The maximum absolute atomic E-state index is 12.0. The number of aryl methyl sites for hydroxylation is 2. The summed E-state index contributed by atoms with van der Waals surface area (Å²) < 4.78 is 2.48. The molecule has 0 saturated carbocycles. The highest BCUT2D eigenvalue weighted by Crippen LogP contribution is 2.20. The summed E-state index contributed by atoms with van der Waals surface area (Å²) in [6.07, 6.45) is 1.73. The first-order valence-electron chi connectivity index (χ1n) is 5.55. The second-order valence-electron chi connectivity index (χ2n) is 4.16. The first-order chi connectivity index (χ1) is 8.90. The van der Waals surface area contributed by atoms with E-state index in [0.29, 0.717) is 17.0 Å². The Bertz CT molecular complexity index is 678. The average molecular weight is 326 g/mol. The van der Waals surface area contributed by atoms with Gasteiger partial charge in [0.2, 0.25) is 0 Å². The molecule has 2 aromatic heterocycles. The third-order valence-electron chi connectivity index (χ3n) is 2.66. The van der Waals surface area contributed by atoms with Crippen molar-refractivity contribution in [1.29, 1.82) is 0 Å². The van der Waals surface area contributed by atoms with Gasteiger partial charge in [-0.3, -0.25) is 14.0 Å². The number of nitrogens with one attached hydrogen (secondary N) is 1. The van der Waals surface area contributed by atoms with Crippen LogP contribution in [0.5, 0.6) is 0 Å². The fourth-order valence-corrected chi connectivity index (χ4v) is 2.44. The number of carboxylic acids is 1. The van der Waals surface area contributed by atoms with Crippen LogP contribution in [0, 0.1) is 13.8 Å². The van der Waals surface area contributed by atoms with E-state index in [1.54, 1.807) is 17.5 Å². The number of carboxylic acid groups (broad SMARTS) is 1. The fourth-order valence-electron chi connectivity index (χ4n) is 1.90. The first-order valence-corrected chi connectivity index (χ1v) is 6.34. The number of rotatable bonds is 3. The van der Waals surface area contributed by atoms with Gasteiger partial charge in [0, 0.05) is 10.7 Å². The van der Waals surface area contributed by atoms with Crippen LogP contribution < -0.4 is 5.32 Å². The molecule has 100 valence electrons. The molecule has 0 spiro atoms. The number of amides is 1. The topological polar surface area (TPSA) is 83.7 Å². The van der Waals surface area contributed by atoms with Crippen molar-refractivity contribution in [3.8, 4) is 0 Å². The van der Waals surface area contributed by atoms with Crippen LogP contribution in [0.1, 0.15) is 21.7 Å². The van der Waals surface area contributed by atoms with E-state index in [0.717, 1.165) is 10.0 Å². The second-order valence-corrected chi connectivity index (χ2v) is 5.07. The number of hydrogen-bond donors (Lipinski definition) is 2. The van der Waals surface area contributed by atoms with Crippen LogP contribution in [0.3, 0.4) is 0 Å². The van der Waals surface area contributed by atoms with E-state index in [-0.39, 0.29) is 0 Å². The molecule has 0 aliphatic carbocycles. The van der Waals surface area contributed by atoms with E-state index >= 15 is 0 Å². The average Bonchev–Trinajstić information content (AvgIpc) is 2.63. The van der Waals surface area contributed by atoms with Gasteiger partial charge in [0.05, 0.1) is 5.69 Å². The number of carbonyl (C=O) groups is 2. The van der Waals surface area contributed by atoms with E-state index in [4.69, 9.17) is 5.11 Å². The maximum Gasteiger partial charge on any atom is 0.322 e. The van der Waals surface area contributed by atoms with Crippen LogP contribution in [0.4, 0.5) is 0 Å². The molecule has 19 heavy (non-hydrogen) atoms. The number of aliphatic carboxylic acids is 1. The zero-order valence-electron chi connectivity index (χ0n) is 10.4. The summed E-state index contributed by atoms with van der Waals surface area (Å²) in [6, 6.07) is 1.90. The summed E-state index contributed by atoms with van der Waals surface area (Å²) in [5, 5.41) is 10.9. The first kappa shape index (κ1) is 13.5. The van der Waals surface area contributed by atoms with Gasteiger partial charge in [-0.2, -0.15) is 0 Å². The van der Waals surface area contributed by atoms with Gasteiger partial charge in [-0.1, -0.05) is 0 Å². The predicted octanol–water partition coefficient (Wildman–Crippen LogP) is 1.53. The molecule has 0 aromatic carbocycles. The minimum Gasteiger partial charge on any atom is -0.480 e. The van der Waals surface area contributed by atoms with Crippen molar-refractivity contribution in [2.45, 2.75) is 13.8 Å². The molecule has 1 amide bonds. The molecule has 2 N–H and O–H groups in total. The Balaban J connectivity index is 2.51. The third kappa shape index (κ3) is 2.60. The zero-order valence-corrected chi connectivity index (χ0v) is 12.0. The molecule has 0 fully saturated rings. The number of nitrogens with zero attached hydrogens (tertiary/aromatic N) is 2. The highest BCUT2D eigenvalue weighted by Gasteiger charge is 2.18. The van der Waals surface area contributed by atoms with Crippen molar-refractivity contribution in [3.63, 3.8) is 0 Å². The largest absolute Gasteiger partial charge is 0.480 e. The van der Waals surface area contributed by atoms with Gasteiger partial charge in [-0.05, 0) is 41.4 Å². The normalized spacial score (nSPS) is 10.7. The van der Waals surface area contributed by atoms with Crippen LogP contribution in [0.2, 0.25) is 0 Å². The van der Waals surface area contributed by atoms with Gasteiger partial charge in [0.15, 0.2) is 0 Å². The summed E-state index contributed by atoms with van der Waals surface area (Å²) in [7, 11) is 0. The summed E-state index contributed by atoms with van der Waals surface area (Å²) in [6.45, 7) is 3.19. The standard InChI is InChI=1S/C12H12BrN3O3/c1-6-3-8(13)5-16-10(7(2)15-11(6)16)12(19)14-4-9(17)18/h3,5H,4H2,1-2H3,(H,14,19)(H,17,18). The van der Waals surface area contributed by atoms with E-state index < -0.39 is 18.4 Å². The lowest BCUT2D eigenvalue weighted by Gasteiger charge is -2.05. The molecule has 0 saturated heterocycles. The molecule has 2 heterocycles. The Morgan fingerprint density at radius 3 is 2.79 bits per heavy atom. The van der Waals surface area contributed by atoms with Crippen LogP contribution in [-0.2, 0) is 4.79 Å². The van der Waals surface area contributed by atoms with E-state index in [2.05, 4.69) is 26.2 Å². The lowest BCUT2D eigenvalue weighted by Crippen LogP contribution is -2.30. The van der Waals surface area contributed by atoms with Crippen LogP contribution in [0.15, 0.2) is 16.7 Å². The summed E-state index contributed by atoms with van der Waals surface area (Å²) in [4.78, 5) is 26.8. The number of aromatic nitrogens is 2. The lowest BCUT2D eigenvalue weighted by molar-refractivity contribution is -0.135. The zero-order chi connectivity index (χ0) is 14.2. The molecule has 6 nitrogen and oxygen atoms in total. The predicted molar refractivity (Wildman–Crippen MR) is 72.3 cm³/mol. The van der Waals surface area contributed by atoms with Crippen molar-refractivity contribution in [1.82, 2.24) is 14.7 Å². The second kappa shape index (κ2) is 5.00. The summed E-state index contributed by atoms with van der Waals surface area (Å²) in [5.74, 6) is -1.54. The van der Waals surface area contributed by atoms with Gasteiger partial charge in [0.25, 0.3) is 5.91 Å². The molecule has 0 unspecified atom stereocenters. The van der Waals surface area contributed by atoms with Crippen molar-refractivity contribution < 1.29 is 14.7 Å². The molecule has 2 rings (SSSR count). The minimum atomic E-state index is -1.09. The maximum atomic E-state index is 12.0. The summed E-state index contributed by atoms with van der Waals surface area (Å²) >= 11 is 3.36. The molecule has 2 aromatic rings. The number of pyridine rings is 1. The molecular formula is C12H12BrN3O3. The summed E-state index contributed by atoms with van der Waals surface area (Å²) in [5.41, 5.74) is 2.51. The molecule has 7 heteroatoms. The number of fused-ring (bicyclic) bond motifs is 1. The van der Waals surface area contributed by atoms with Crippen molar-refractivity contribution in [3.05, 3.63) is 33.7 Å². The smallest absolute Gasteiger partial charge is 0.322 e. The van der Waals surface area contributed by atoms with Crippen molar-refractivity contribution >= 4 is 33.5 Å². The third-order valence-corrected chi connectivity index (χ3v) is 3.09. The fraction of sp³-hybridized carbons (Fsp3) is 0.250. The quantitative estimate of drug-likeness (QED) is 0.896. The number of hydrogen-bond acceptors (Lipinski definition) is 3. The van der Waals surface area contributed by atoms with E-state index in [1.807, 2.05) is 13.0 Å². The Hall–Kier alpha value is -1.89. The highest BCUT2D eigenvalue weighted by atomic mass is 79.9. The molecule has 0 atom stereocenters. The lowest BCUT2D eigenvalue weighted by atomic mass is 10.3. The van der Waals surface area contributed by atoms with Gasteiger partial charge in [-0.25, -0.2) is 4.98 Å². The van der Waals surface area contributed by atoms with Gasteiger partial charge in [0.1, 0.15) is 17.9 Å². The van der Waals surface area contributed by atoms with Crippen molar-refractivity contribution in [2.24, 2.45) is 0 Å². The van der Waals surface area contributed by atoms with Crippen molar-refractivity contribution in [2.75, 3.05) is 6.54 Å².